The molecule has 0 aromatic heterocycles. The zero-order chi connectivity index (χ0) is 7.28. The highest BCUT2D eigenvalue weighted by molar-refractivity contribution is 4.61. The molecule has 0 aliphatic rings. The lowest BCUT2D eigenvalue weighted by Crippen LogP contribution is -2.25. The quantitative estimate of drug-likeness (QED) is 0.576. The Labute approximate surface area is 57.2 Å². The van der Waals surface area contributed by atoms with Crippen LogP contribution in [-0.2, 0) is 9.47 Å². The third kappa shape index (κ3) is 2.82. The van der Waals surface area contributed by atoms with E-state index in [2.05, 4.69) is 6.92 Å². The summed E-state index contributed by atoms with van der Waals surface area (Å²) in [4.78, 5) is 0. The van der Waals surface area contributed by atoms with Crippen molar-refractivity contribution in [2.24, 2.45) is 0 Å². The second kappa shape index (κ2) is 4.77. The van der Waals surface area contributed by atoms with Gasteiger partial charge in [-0.2, -0.15) is 0 Å². The Kier molecular flexibility index (Phi) is 4.72. The Morgan fingerprint density at radius 3 is 1.89 bits per heavy atom. The summed E-state index contributed by atoms with van der Waals surface area (Å²) in [7, 11) is 3.41. The van der Waals surface area contributed by atoms with Gasteiger partial charge in [0.2, 0.25) is 0 Å². The van der Waals surface area contributed by atoms with E-state index < -0.39 is 0 Å². The fraction of sp³-hybridized carbons (Fsp3) is 1.00. The maximum absolute atomic E-state index is 5.13. The van der Waals surface area contributed by atoms with Crippen LogP contribution in [0.25, 0.3) is 0 Å². The van der Waals surface area contributed by atoms with Gasteiger partial charge in [0.25, 0.3) is 0 Å². The van der Waals surface area contributed by atoms with E-state index in [9.17, 15) is 0 Å². The van der Waals surface area contributed by atoms with Gasteiger partial charge in [-0.1, -0.05) is 6.92 Å². The summed E-state index contributed by atoms with van der Waals surface area (Å²) in [6.45, 7) is 4.10. The summed E-state index contributed by atoms with van der Waals surface area (Å²) in [5.41, 5.74) is 0. The summed E-state index contributed by atoms with van der Waals surface area (Å²) in [6.07, 6.45) is 1.46. The van der Waals surface area contributed by atoms with Gasteiger partial charge in [0.05, 0.1) is 12.2 Å². The van der Waals surface area contributed by atoms with Crippen LogP contribution in [0, 0.1) is 0 Å². The van der Waals surface area contributed by atoms with Gasteiger partial charge in [-0.15, -0.1) is 0 Å². The molecule has 9 heavy (non-hydrogen) atoms. The van der Waals surface area contributed by atoms with E-state index in [1.807, 2.05) is 6.92 Å². The first kappa shape index (κ1) is 8.92. The Morgan fingerprint density at radius 1 is 1.22 bits per heavy atom. The molecule has 0 fully saturated rings. The standard InChI is InChI=1S/C7H16O2/c1-5-7(9-4)6(2)8-3/h6-7H,5H2,1-4H3. The molecule has 2 nitrogen and oxygen atoms in total. The predicted octanol–water partition coefficient (Wildman–Crippen LogP) is 1.45. The minimum absolute atomic E-state index is 0.208. The zero-order valence-corrected chi connectivity index (χ0v) is 6.68. The number of rotatable bonds is 4. The van der Waals surface area contributed by atoms with Crippen LogP contribution in [0.4, 0.5) is 0 Å². The van der Waals surface area contributed by atoms with Crippen LogP contribution in [0.1, 0.15) is 20.3 Å². The van der Waals surface area contributed by atoms with Crippen molar-refractivity contribution in [2.45, 2.75) is 32.5 Å². The predicted molar refractivity (Wildman–Crippen MR) is 37.6 cm³/mol. The number of hydrogen-bond acceptors (Lipinski definition) is 2. The monoisotopic (exact) mass is 132 g/mol. The van der Waals surface area contributed by atoms with Gasteiger partial charge in [0.1, 0.15) is 0 Å². The Bertz CT molecular complexity index is 59.9. The molecule has 0 aliphatic carbocycles. The van der Waals surface area contributed by atoms with Gasteiger partial charge in [-0.25, -0.2) is 0 Å². The summed E-state index contributed by atoms with van der Waals surface area (Å²) < 4.78 is 10.2. The lowest BCUT2D eigenvalue weighted by atomic mass is 10.2. The topological polar surface area (TPSA) is 18.5 Å². The second-order valence-electron chi connectivity index (χ2n) is 2.12. The van der Waals surface area contributed by atoms with Gasteiger partial charge in [0, 0.05) is 14.2 Å². The molecule has 2 atom stereocenters. The summed E-state index contributed by atoms with van der Waals surface area (Å²) in [5, 5.41) is 0. The van der Waals surface area contributed by atoms with Crippen molar-refractivity contribution in [3.63, 3.8) is 0 Å². The maximum atomic E-state index is 5.13. The van der Waals surface area contributed by atoms with Crippen LogP contribution in [-0.4, -0.2) is 26.4 Å². The minimum atomic E-state index is 0.208. The van der Waals surface area contributed by atoms with Gasteiger partial charge < -0.3 is 9.47 Å². The third-order valence-electron chi connectivity index (χ3n) is 1.60. The van der Waals surface area contributed by atoms with Crippen molar-refractivity contribution in [1.29, 1.82) is 0 Å². The summed E-state index contributed by atoms with van der Waals surface area (Å²) in [6, 6.07) is 0. The molecule has 0 bridgehead atoms. The van der Waals surface area contributed by atoms with Gasteiger partial charge in [-0.05, 0) is 13.3 Å². The largest absolute Gasteiger partial charge is 0.379 e. The molecule has 0 N–H and O–H groups in total. The number of ether oxygens (including phenoxy) is 2. The normalized spacial score (nSPS) is 17.3. The molecule has 0 radical (unpaired) electrons. The number of methoxy groups -OCH3 is 2. The first-order valence-corrected chi connectivity index (χ1v) is 3.31. The molecule has 0 rings (SSSR count). The molecule has 2 heteroatoms. The number of hydrogen-bond donors (Lipinski definition) is 0. The van der Waals surface area contributed by atoms with Gasteiger partial charge in [-0.3, -0.25) is 0 Å². The fourth-order valence-electron chi connectivity index (χ4n) is 0.842. The molecular weight excluding hydrogens is 116 g/mol. The molecular formula is C7H16O2. The second-order valence-corrected chi connectivity index (χ2v) is 2.12. The molecule has 0 heterocycles. The fourth-order valence-corrected chi connectivity index (χ4v) is 0.842. The molecule has 0 aromatic rings. The average Bonchev–Trinajstić information content (AvgIpc) is 1.90. The molecule has 0 saturated carbocycles. The van der Waals surface area contributed by atoms with E-state index >= 15 is 0 Å². The highest BCUT2D eigenvalue weighted by Gasteiger charge is 2.12. The molecule has 2 unspecified atom stereocenters. The van der Waals surface area contributed by atoms with Crippen LogP contribution < -0.4 is 0 Å². The highest BCUT2D eigenvalue weighted by atomic mass is 16.5. The van der Waals surface area contributed by atoms with Crippen molar-refractivity contribution < 1.29 is 9.47 Å². The first-order chi connectivity index (χ1) is 4.26. The Hall–Kier alpha value is -0.0800. The van der Waals surface area contributed by atoms with E-state index in [1.54, 1.807) is 14.2 Å². The zero-order valence-electron chi connectivity index (χ0n) is 6.68. The molecule has 0 aromatic carbocycles. The van der Waals surface area contributed by atoms with Crippen LogP contribution >= 0.6 is 0 Å². The maximum Gasteiger partial charge on any atom is 0.0827 e. The third-order valence-corrected chi connectivity index (χ3v) is 1.60. The lowest BCUT2D eigenvalue weighted by Gasteiger charge is -2.18. The lowest BCUT2D eigenvalue weighted by molar-refractivity contribution is -0.0273. The van der Waals surface area contributed by atoms with Crippen LogP contribution in [0.5, 0.6) is 0 Å². The molecule has 0 saturated heterocycles. The average molecular weight is 132 g/mol. The van der Waals surface area contributed by atoms with Gasteiger partial charge >= 0.3 is 0 Å². The smallest absolute Gasteiger partial charge is 0.0827 e. The highest BCUT2D eigenvalue weighted by Crippen LogP contribution is 2.04. The molecule has 0 spiro atoms. The molecule has 0 amide bonds. The first-order valence-electron chi connectivity index (χ1n) is 3.31. The van der Waals surface area contributed by atoms with Crippen LogP contribution in [0.15, 0.2) is 0 Å². The summed E-state index contributed by atoms with van der Waals surface area (Å²) >= 11 is 0. The van der Waals surface area contributed by atoms with E-state index in [1.165, 1.54) is 0 Å². The van der Waals surface area contributed by atoms with Crippen LogP contribution in [0.2, 0.25) is 0 Å². The molecule has 56 valence electrons. The summed E-state index contributed by atoms with van der Waals surface area (Å²) in [5.74, 6) is 0. The van der Waals surface area contributed by atoms with Crippen LogP contribution in [0.3, 0.4) is 0 Å². The Morgan fingerprint density at radius 2 is 1.78 bits per heavy atom. The van der Waals surface area contributed by atoms with Crippen molar-refractivity contribution >= 4 is 0 Å². The van der Waals surface area contributed by atoms with Crippen molar-refractivity contribution in [3.05, 3.63) is 0 Å². The molecule has 0 aliphatic heterocycles. The SMILES string of the molecule is CCC(OC)C(C)OC. The van der Waals surface area contributed by atoms with Crippen molar-refractivity contribution in [2.75, 3.05) is 14.2 Å². The van der Waals surface area contributed by atoms with E-state index in [4.69, 9.17) is 9.47 Å². The van der Waals surface area contributed by atoms with Gasteiger partial charge in [0.15, 0.2) is 0 Å². The Balaban J connectivity index is 3.50. The van der Waals surface area contributed by atoms with E-state index in [-0.39, 0.29) is 12.2 Å². The van der Waals surface area contributed by atoms with E-state index in [0.29, 0.717) is 0 Å². The van der Waals surface area contributed by atoms with Crippen molar-refractivity contribution in [1.82, 2.24) is 0 Å². The van der Waals surface area contributed by atoms with Crippen molar-refractivity contribution in [3.8, 4) is 0 Å². The van der Waals surface area contributed by atoms with E-state index in [0.717, 1.165) is 6.42 Å². The minimum Gasteiger partial charge on any atom is -0.379 e.